The molecule has 4 heterocycles. The Labute approximate surface area is 149 Å². The van der Waals surface area contributed by atoms with Crippen LogP contribution in [0.5, 0.6) is 0 Å². The number of thiazole rings is 1. The second kappa shape index (κ2) is 6.98. The average Bonchev–Trinajstić information content (AvgIpc) is 3.19. The van der Waals surface area contributed by atoms with Gasteiger partial charge in [-0.2, -0.15) is 0 Å². The van der Waals surface area contributed by atoms with E-state index in [0.29, 0.717) is 18.8 Å². The highest BCUT2D eigenvalue weighted by atomic mass is 32.1. The number of amides is 1. The Morgan fingerprint density at radius 1 is 1.04 bits per heavy atom. The molecule has 0 radical (unpaired) electrons. The van der Waals surface area contributed by atoms with Gasteiger partial charge in [0.15, 0.2) is 0 Å². The minimum Gasteiger partial charge on any atom is -0.353 e. The summed E-state index contributed by atoms with van der Waals surface area (Å²) in [5.74, 6) is 0.953. The summed E-state index contributed by atoms with van der Waals surface area (Å²) in [6.45, 7) is 2.91. The van der Waals surface area contributed by atoms with Crippen molar-refractivity contribution >= 4 is 23.1 Å². The molecule has 1 amide bonds. The monoisotopic (exact) mass is 351 g/mol. The van der Waals surface area contributed by atoms with E-state index in [0.717, 1.165) is 29.5 Å². The molecule has 25 heavy (non-hydrogen) atoms. The molecule has 0 aliphatic carbocycles. The van der Waals surface area contributed by atoms with Crippen molar-refractivity contribution in [2.45, 2.75) is 0 Å². The third-order valence-electron chi connectivity index (χ3n) is 4.17. The zero-order valence-electron chi connectivity index (χ0n) is 13.6. The Kier molecular flexibility index (Phi) is 4.39. The van der Waals surface area contributed by atoms with Crippen molar-refractivity contribution in [3.8, 4) is 10.6 Å². The molecule has 0 bridgehead atoms. The second-order valence-electron chi connectivity index (χ2n) is 5.75. The van der Waals surface area contributed by atoms with E-state index < -0.39 is 0 Å². The summed E-state index contributed by atoms with van der Waals surface area (Å²) in [5.41, 5.74) is 1.45. The number of hydrogen-bond acceptors (Lipinski definition) is 6. The lowest BCUT2D eigenvalue weighted by Crippen LogP contribution is -2.49. The van der Waals surface area contributed by atoms with Gasteiger partial charge in [-0.3, -0.25) is 9.78 Å². The fourth-order valence-corrected chi connectivity index (χ4v) is 3.62. The van der Waals surface area contributed by atoms with Crippen molar-refractivity contribution in [2.75, 3.05) is 31.1 Å². The van der Waals surface area contributed by atoms with Crippen molar-refractivity contribution in [1.82, 2.24) is 19.9 Å². The molecule has 0 atom stereocenters. The van der Waals surface area contributed by atoms with Gasteiger partial charge >= 0.3 is 0 Å². The lowest BCUT2D eigenvalue weighted by atomic mass is 10.2. The minimum atomic E-state index is -0.00735. The zero-order chi connectivity index (χ0) is 17.1. The molecule has 1 saturated heterocycles. The van der Waals surface area contributed by atoms with E-state index in [2.05, 4.69) is 19.9 Å². The largest absolute Gasteiger partial charge is 0.353 e. The first-order valence-corrected chi connectivity index (χ1v) is 9.00. The minimum absolute atomic E-state index is 0.00735. The first kappa shape index (κ1) is 15.7. The Bertz CT molecular complexity index is 844. The number of pyridine rings is 2. The van der Waals surface area contributed by atoms with Gasteiger partial charge < -0.3 is 9.80 Å². The van der Waals surface area contributed by atoms with Gasteiger partial charge in [-0.15, -0.1) is 11.3 Å². The first-order chi connectivity index (χ1) is 12.3. The molecule has 0 spiro atoms. The summed E-state index contributed by atoms with van der Waals surface area (Å²) in [7, 11) is 0. The van der Waals surface area contributed by atoms with Crippen LogP contribution in [-0.2, 0) is 0 Å². The van der Waals surface area contributed by atoms with Gasteiger partial charge in [0.05, 0.1) is 0 Å². The highest BCUT2D eigenvalue weighted by Crippen LogP contribution is 2.23. The van der Waals surface area contributed by atoms with Crippen molar-refractivity contribution in [3.63, 3.8) is 0 Å². The van der Waals surface area contributed by atoms with Crippen LogP contribution in [0.3, 0.4) is 0 Å². The molecule has 0 N–H and O–H groups in total. The summed E-state index contributed by atoms with van der Waals surface area (Å²) in [5, 5.41) is 2.65. The van der Waals surface area contributed by atoms with Crippen LogP contribution in [0.1, 0.15) is 10.5 Å². The number of carbonyl (C=O) groups excluding carboxylic acids is 1. The van der Waals surface area contributed by atoms with E-state index in [1.807, 2.05) is 40.6 Å². The molecule has 3 aromatic heterocycles. The molecular formula is C18H17N5OS. The molecule has 0 unspecified atom stereocenters. The van der Waals surface area contributed by atoms with Crippen LogP contribution in [-0.4, -0.2) is 51.9 Å². The number of piperazine rings is 1. The van der Waals surface area contributed by atoms with Crippen LogP contribution in [0.4, 0.5) is 5.82 Å². The van der Waals surface area contributed by atoms with Gasteiger partial charge in [0, 0.05) is 55.7 Å². The highest BCUT2D eigenvalue weighted by Gasteiger charge is 2.24. The average molecular weight is 351 g/mol. The third-order valence-corrected chi connectivity index (χ3v) is 5.06. The van der Waals surface area contributed by atoms with Crippen LogP contribution in [0, 0.1) is 0 Å². The lowest BCUT2D eigenvalue weighted by Gasteiger charge is -2.35. The second-order valence-corrected chi connectivity index (χ2v) is 6.60. The highest BCUT2D eigenvalue weighted by molar-refractivity contribution is 7.13. The Morgan fingerprint density at radius 3 is 2.64 bits per heavy atom. The fraction of sp³-hybridized carbons (Fsp3) is 0.222. The lowest BCUT2D eigenvalue weighted by molar-refractivity contribution is 0.0741. The topological polar surface area (TPSA) is 62.2 Å². The standard InChI is InChI=1S/C18H17N5OS/c24-18(15-13-25-17(21-15)14-4-3-6-19-12-14)23-10-8-22(9-11-23)16-5-1-2-7-20-16/h1-7,12-13H,8-11H2. The van der Waals surface area contributed by atoms with Gasteiger partial charge in [0.25, 0.3) is 5.91 Å². The van der Waals surface area contributed by atoms with E-state index in [1.165, 1.54) is 11.3 Å². The smallest absolute Gasteiger partial charge is 0.273 e. The molecule has 3 aromatic rings. The summed E-state index contributed by atoms with van der Waals surface area (Å²) < 4.78 is 0. The summed E-state index contributed by atoms with van der Waals surface area (Å²) >= 11 is 1.47. The predicted octanol–water partition coefficient (Wildman–Crippen LogP) is 2.56. The number of rotatable bonds is 3. The van der Waals surface area contributed by atoms with Gasteiger partial charge in [0.1, 0.15) is 16.5 Å². The molecule has 126 valence electrons. The third kappa shape index (κ3) is 3.36. The zero-order valence-corrected chi connectivity index (χ0v) is 14.4. The van der Waals surface area contributed by atoms with Crippen LogP contribution >= 0.6 is 11.3 Å². The Morgan fingerprint density at radius 2 is 1.92 bits per heavy atom. The summed E-state index contributed by atoms with van der Waals surface area (Å²) in [6.07, 6.45) is 5.28. The molecule has 1 fully saturated rings. The molecule has 0 saturated carbocycles. The maximum absolute atomic E-state index is 12.7. The van der Waals surface area contributed by atoms with Gasteiger partial charge in [0.2, 0.25) is 0 Å². The van der Waals surface area contributed by atoms with Crippen molar-refractivity contribution in [1.29, 1.82) is 0 Å². The maximum Gasteiger partial charge on any atom is 0.273 e. The number of hydrogen-bond donors (Lipinski definition) is 0. The van der Waals surface area contributed by atoms with Crippen molar-refractivity contribution in [2.24, 2.45) is 0 Å². The van der Waals surface area contributed by atoms with Crippen LogP contribution in [0.15, 0.2) is 54.3 Å². The summed E-state index contributed by atoms with van der Waals surface area (Å²) in [4.78, 5) is 29.7. The van der Waals surface area contributed by atoms with E-state index in [1.54, 1.807) is 18.6 Å². The Hall–Kier alpha value is -2.80. The van der Waals surface area contributed by atoms with Crippen LogP contribution < -0.4 is 4.90 Å². The number of nitrogens with zero attached hydrogens (tertiary/aromatic N) is 5. The van der Waals surface area contributed by atoms with Gasteiger partial charge in [-0.25, -0.2) is 9.97 Å². The molecule has 4 rings (SSSR count). The quantitative estimate of drug-likeness (QED) is 0.726. The van der Waals surface area contributed by atoms with E-state index in [4.69, 9.17) is 0 Å². The number of anilines is 1. The number of carbonyl (C=O) groups is 1. The Balaban J connectivity index is 1.42. The van der Waals surface area contributed by atoms with Gasteiger partial charge in [-0.05, 0) is 24.3 Å². The number of aromatic nitrogens is 3. The molecule has 6 nitrogen and oxygen atoms in total. The SMILES string of the molecule is O=C(c1csc(-c2cccnc2)n1)N1CCN(c2ccccn2)CC1. The summed E-state index contributed by atoms with van der Waals surface area (Å²) in [6, 6.07) is 9.71. The molecular weight excluding hydrogens is 334 g/mol. The van der Waals surface area contributed by atoms with E-state index in [-0.39, 0.29) is 5.91 Å². The molecule has 1 aliphatic heterocycles. The molecule has 0 aromatic carbocycles. The van der Waals surface area contributed by atoms with Crippen molar-refractivity contribution in [3.05, 3.63) is 60.0 Å². The fourth-order valence-electron chi connectivity index (χ4n) is 2.84. The molecule has 7 heteroatoms. The molecule has 1 aliphatic rings. The van der Waals surface area contributed by atoms with E-state index >= 15 is 0 Å². The van der Waals surface area contributed by atoms with E-state index in [9.17, 15) is 4.79 Å². The van der Waals surface area contributed by atoms with Crippen LogP contribution in [0.25, 0.3) is 10.6 Å². The first-order valence-electron chi connectivity index (χ1n) is 8.12. The van der Waals surface area contributed by atoms with Gasteiger partial charge in [-0.1, -0.05) is 6.07 Å². The predicted molar refractivity (Wildman–Crippen MR) is 97.7 cm³/mol. The normalized spacial score (nSPS) is 14.6. The maximum atomic E-state index is 12.7. The van der Waals surface area contributed by atoms with Crippen LogP contribution in [0.2, 0.25) is 0 Å². The van der Waals surface area contributed by atoms with Crippen molar-refractivity contribution < 1.29 is 4.79 Å².